The predicted molar refractivity (Wildman–Crippen MR) is 63.7 cm³/mol. The third kappa shape index (κ3) is 1.53. The van der Waals surface area contributed by atoms with Crippen molar-refractivity contribution in [3.63, 3.8) is 0 Å². The number of benzene rings is 1. The minimum Gasteiger partial charge on any atom is -0.258 e. The average Bonchev–Trinajstić information content (AvgIpc) is 2.29. The van der Waals surface area contributed by atoms with Crippen LogP contribution in [0.15, 0.2) is 18.5 Å². The smallest absolute Gasteiger partial charge is 0.258 e. The number of hydrogen-bond donors (Lipinski definition) is 0. The van der Waals surface area contributed by atoms with Crippen LogP contribution in [0.3, 0.4) is 0 Å². The largest absolute Gasteiger partial charge is 0.279 e. The Morgan fingerprint density at radius 2 is 2.00 bits per heavy atom. The molecule has 0 aliphatic carbocycles. The first kappa shape index (κ1) is 10.6. The Balaban J connectivity index is 2.95. The van der Waals surface area contributed by atoms with Gasteiger partial charge in [-0.25, -0.2) is 0 Å². The fourth-order valence-electron chi connectivity index (χ4n) is 1.59. The van der Waals surface area contributed by atoms with Gasteiger partial charge >= 0.3 is 0 Å². The van der Waals surface area contributed by atoms with Gasteiger partial charge in [0.05, 0.1) is 22.7 Å². The highest BCUT2D eigenvalue weighted by Gasteiger charge is 2.16. The molecular formula is C10H7N3O2S. The quantitative estimate of drug-likeness (QED) is 0.452. The van der Waals surface area contributed by atoms with Gasteiger partial charge in [-0.1, -0.05) is 12.2 Å². The Bertz CT molecular complexity index is 598. The van der Waals surface area contributed by atoms with Gasteiger partial charge < -0.3 is 0 Å². The highest BCUT2D eigenvalue weighted by molar-refractivity contribution is 7.79. The van der Waals surface area contributed by atoms with E-state index < -0.39 is 4.92 Å². The summed E-state index contributed by atoms with van der Waals surface area (Å²) in [6.07, 6.45) is 2.91. The zero-order valence-electron chi connectivity index (χ0n) is 8.38. The van der Waals surface area contributed by atoms with E-state index in [1.54, 1.807) is 0 Å². The van der Waals surface area contributed by atoms with Gasteiger partial charge in [-0.3, -0.25) is 10.1 Å². The zero-order chi connectivity index (χ0) is 11.7. The van der Waals surface area contributed by atoms with E-state index in [2.05, 4.69) is 10.2 Å². The molecule has 0 amide bonds. The normalized spacial score (nSPS) is 10.3. The van der Waals surface area contributed by atoms with Crippen molar-refractivity contribution in [2.75, 3.05) is 0 Å². The van der Waals surface area contributed by atoms with Crippen LogP contribution in [0.5, 0.6) is 0 Å². The molecule has 0 radical (unpaired) electrons. The summed E-state index contributed by atoms with van der Waals surface area (Å²) in [6.45, 7) is 1.85. The van der Waals surface area contributed by atoms with Crippen LogP contribution in [0.2, 0.25) is 0 Å². The molecular weight excluding hydrogens is 226 g/mol. The van der Waals surface area contributed by atoms with Crippen molar-refractivity contribution in [3.8, 4) is 0 Å². The van der Waals surface area contributed by atoms with Crippen LogP contribution in [-0.4, -0.2) is 20.5 Å². The average molecular weight is 233 g/mol. The molecule has 2 rings (SSSR count). The molecule has 0 saturated heterocycles. The van der Waals surface area contributed by atoms with Crippen LogP contribution in [0.25, 0.3) is 10.8 Å². The van der Waals surface area contributed by atoms with Crippen LogP contribution < -0.4 is 0 Å². The third-order valence-corrected chi connectivity index (χ3v) is 2.71. The lowest BCUT2D eigenvalue weighted by Gasteiger charge is -2.05. The van der Waals surface area contributed by atoms with E-state index in [1.807, 2.05) is 6.92 Å². The molecule has 1 heterocycles. The van der Waals surface area contributed by atoms with E-state index >= 15 is 0 Å². The van der Waals surface area contributed by atoms with E-state index in [1.165, 1.54) is 23.8 Å². The van der Waals surface area contributed by atoms with Crippen molar-refractivity contribution >= 4 is 34.0 Å². The topological polar surface area (TPSA) is 68.9 Å². The van der Waals surface area contributed by atoms with Gasteiger partial charge in [0.1, 0.15) is 0 Å². The standard InChI is InChI=1S/C10H7N3O2S/c1-6-7(5-16)2-10(13(14)15)9-4-12-11-3-8(6)9/h2-5H,1H3. The Morgan fingerprint density at radius 1 is 1.38 bits per heavy atom. The summed E-state index contributed by atoms with van der Waals surface area (Å²) in [4.78, 5) is 10.5. The van der Waals surface area contributed by atoms with Gasteiger partial charge in [0.15, 0.2) is 0 Å². The first-order chi connectivity index (χ1) is 7.65. The third-order valence-electron chi connectivity index (χ3n) is 2.46. The number of hydrogen-bond acceptors (Lipinski definition) is 5. The second kappa shape index (κ2) is 3.90. The monoisotopic (exact) mass is 233 g/mol. The highest BCUT2D eigenvalue weighted by Crippen LogP contribution is 2.29. The Morgan fingerprint density at radius 3 is 2.56 bits per heavy atom. The summed E-state index contributed by atoms with van der Waals surface area (Å²) in [5, 5.41) is 20.9. The van der Waals surface area contributed by atoms with Gasteiger partial charge in [-0.2, -0.15) is 10.2 Å². The lowest BCUT2D eigenvalue weighted by atomic mass is 10.0. The van der Waals surface area contributed by atoms with Gasteiger partial charge in [-0.05, 0) is 18.1 Å². The number of aryl methyl sites for hydroxylation is 1. The fourth-order valence-corrected chi connectivity index (χ4v) is 1.83. The molecule has 80 valence electrons. The Kier molecular flexibility index (Phi) is 2.57. The number of aromatic nitrogens is 2. The second-order valence-electron chi connectivity index (χ2n) is 3.30. The lowest BCUT2D eigenvalue weighted by molar-refractivity contribution is -0.383. The number of nitro benzene ring substituents is 1. The molecule has 0 N–H and O–H groups in total. The molecule has 2 aromatic rings. The molecule has 5 nitrogen and oxygen atoms in total. The Labute approximate surface area is 96.3 Å². The maximum Gasteiger partial charge on any atom is 0.279 e. The van der Waals surface area contributed by atoms with E-state index in [4.69, 9.17) is 12.2 Å². The number of non-ortho nitro benzene ring substituents is 1. The number of nitrogens with zero attached hydrogens (tertiary/aromatic N) is 3. The van der Waals surface area contributed by atoms with Gasteiger partial charge in [-0.15, -0.1) is 0 Å². The molecule has 0 fully saturated rings. The first-order valence-corrected chi connectivity index (χ1v) is 4.96. The summed E-state index contributed by atoms with van der Waals surface area (Å²) in [7, 11) is 0. The van der Waals surface area contributed by atoms with Crippen molar-refractivity contribution in [1.82, 2.24) is 10.2 Å². The van der Waals surface area contributed by atoms with Gasteiger partial charge in [0, 0.05) is 16.8 Å². The van der Waals surface area contributed by atoms with Crippen molar-refractivity contribution in [3.05, 3.63) is 39.7 Å². The number of nitro groups is 1. The molecule has 0 bridgehead atoms. The van der Waals surface area contributed by atoms with Crippen LogP contribution in [0.4, 0.5) is 5.69 Å². The Hall–Kier alpha value is -1.95. The molecule has 0 atom stereocenters. The van der Waals surface area contributed by atoms with Crippen molar-refractivity contribution in [2.24, 2.45) is 0 Å². The van der Waals surface area contributed by atoms with Crippen LogP contribution in [-0.2, 0) is 0 Å². The predicted octanol–water partition coefficient (Wildman–Crippen LogP) is 2.19. The van der Waals surface area contributed by atoms with Crippen LogP contribution >= 0.6 is 12.2 Å². The van der Waals surface area contributed by atoms with Gasteiger partial charge in [0.25, 0.3) is 5.69 Å². The summed E-state index contributed by atoms with van der Waals surface area (Å²) < 4.78 is 0. The van der Waals surface area contributed by atoms with Crippen molar-refractivity contribution in [2.45, 2.75) is 6.92 Å². The number of rotatable bonds is 2. The summed E-state index contributed by atoms with van der Waals surface area (Å²) in [6, 6.07) is 1.46. The molecule has 6 heteroatoms. The van der Waals surface area contributed by atoms with Crippen LogP contribution in [0, 0.1) is 17.0 Å². The van der Waals surface area contributed by atoms with Crippen molar-refractivity contribution < 1.29 is 4.92 Å². The summed E-state index contributed by atoms with van der Waals surface area (Å²) in [5.74, 6) is 0. The second-order valence-corrected chi connectivity index (χ2v) is 3.54. The molecule has 0 aliphatic heterocycles. The zero-order valence-corrected chi connectivity index (χ0v) is 9.19. The molecule has 16 heavy (non-hydrogen) atoms. The van der Waals surface area contributed by atoms with Crippen molar-refractivity contribution in [1.29, 1.82) is 0 Å². The summed E-state index contributed by atoms with van der Waals surface area (Å²) in [5.41, 5.74) is 1.55. The summed E-state index contributed by atoms with van der Waals surface area (Å²) >= 11 is 4.83. The molecule has 0 aliphatic rings. The number of thiocarbonyl (C=S) groups is 1. The molecule has 0 saturated carbocycles. The maximum absolute atomic E-state index is 10.9. The minimum atomic E-state index is -0.439. The first-order valence-electron chi connectivity index (χ1n) is 4.48. The van der Waals surface area contributed by atoms with E-state index in [0.29, 0.717) is 16.3 Å². The maximum atomic E-state index is 10.9. The molecule has 0 unspecified atom stereocenters. The molecule has 0 spiro atoms. The van der Waals surface area contributed by atoms with E-state index in [0.717, 1.165) is 5.56 Å². The molecule has 1 aromatic carbocycles. The highest BCUT2D eigenvalue weighted by atomic mass is 32.1. The molecule has 1 aromatic heterocycles. The number of fused-ring (bicyclic) bond motifs is 1. The van der Waals surface area contributed by atoms with Gasteiger partial charge in [0.2, 0.25) is 0 Å². The lowest BCUT2D eigenvalue weighted by Crippen LogP contribution is -1.96. The van der Waals surface area contributed by atoms with E-state index in [9.17, 15) is 10.1 Å². The minimum absolute atomic E-state index is 0.00611. The SMILES string of the molecule is Cc1c(C=S)cc([N+](=O)[O-])c2cnncc12. The van der Waals surface area contributed by atoms with Crippen LogP contribution in [0.1, 0.15) is 11.1 Å². The van der Waals surface area contributed by atoms with E-state index in [-0.39, 0.29) is 5.69 Å². The fraction of sp³-hybridized carbons (Fsp3) is 0.100.